The van der Waals surface area contributed by atoms with Crippen LogP contribution in [0.15, 0.2) is 0 Å². The molecule has 0 aromatic carbocycles. The molecule has 1 saturated heterocycles. The van der Waals surface area contributed by atoms with Gasteiger partial charge in [-0.15, -0.1) is 0 Å². The lowest BCUT2D eigenvalue weighted by Crippen LogP contribution is -3.14. The number of quaternary nitrogens is 1. The Kier molecular flexibility index (Phi) is 3.41. The third-order valence-electron chi connectivity index (χ3n) is 3.99. The zero-order valence-corrected chi connectivity index (χ0v) is 13.0. The molecule has 92 valence electrons. The zero-order valence-electron chi connectivity index (χ0n) is 9.85. The van der Waals surface area contributed by atoms with Crippen LogP contribution in [0.2, 0.25) is 0 Å². The minimum atomic E-state index is -0.239. The van der Waals surface area contributed by atoms with Crippen LogP contribution in [0.4, 0.5) is 0 Å². The summed E-state index contributed by atoms with van der Waals surface area (Å²) < 4.78 is -0.154. The average Bonchev–Trinajstić information content (AvgIpc) is 2.79. The van der Waals surface area contributed by atoms with E-state index in [-0.39, 0.29) is 8.65 Å². The summed E-state index contributed by atoms with van der Waals surface area (Å²) in [5.41, 5.74) is -0.239. The molecule has 0 aromatic rings. The van der Waals surface area contributed by atoms with Gasteiger partial charge in [-0.05, 0) is 20.3 Å². The number of alkyl halides is 2. The lowest BCUT2D eigenvalue weighted by molar-refractivity contribution is -0.902. The maximum absolute atomic E-state index is 12.3. The smallest absolute Gasteiger partial charge is 0.231 e. The molecule has 1 aliphatic carbocycles. The Balaban J connectivity index is 1.93. The van der Waals surface area contributed by atoms with E-state index in [0.29, 0.717) is 5.91 Å². The fraction of sp³-hybridized carbons (Fsp3) is 0.909. The monoisotopic (exact) mass is 353 g/mol. The number of carbonyl (C=O) groups is 1. The third-order valence-corrected chi connectivity index (χ3v) is 6.30. The number of piperazine rings is 1. The van der Waals surface area contributed by atoms with Gasteiger partial charge in [0.15, 0.2) is 0 Å². The number of hydrogen-bond donors (Lipinski definition) is 1. The number of likely N-dealkylation sites (N-methyl/N-ethyl adjacent to an activating group) is 1. The lowest BCUT2D eigenvalue weighted by atomic mass is 10.1. The summed E-state index contributed by atoms with van der Waals surface area (Å²) in [5, 5.41) is 0. The first-order valence-electron chi connectivity index (χ1n) is 5.91. The Morgan fingerprint density at radius 3 is 2.25 bits per heavy atom. The second kappa shape index (κ2) is 4.25. The van der Waals surface area contributed by atoms with Gasteiger partial charge in [-0.2, -0.15) is 0 Å². The topological polar surface area (TPSA) is 24.8 Å². The molecule has 2 fully saturated rings. The van der Waals surface area contributed by atoms with Crippen molar-refractivity contribution in [3.8, 4) is 0 Å². The van der Waals surface area contributed by atoms with Gasteiger partial charge in [0.2, 0.25) is 5.91 Å². The van der Waals surface area contributed by atoms with E-state index < -0.39 is 0 Å². The number of rotatable bonds is 2. The number of carbonyl (C=O) groups excluding carboxylic acids is 1. The average molecular weight is 355 g/mol. The molecule has 1 aliphatic heterocycles. The molecule has 1 atom stereocenters. The SMILES string of the molecule is CC[NH+]1CCN(C(=O)[C@@]2(C)CC2(Br)Br)CC1. The zero-order chi connectivity index (χ0) is 12.0. The van der Waals surface area contributed by atoms with Crippen molar-refractivity contribution in [2.24, 2.45) is 5.41 Å². The first kappa shape index (κ1) is 12.8. The van der Waals surface area contributed by atoms with E-state index >= 15 is 0 Å². The molecule has 1 N–H and O–H groups in total. The van der Waals surface area contributed by atoms with E-state index in [0.717, 1.165) is 32.6 Å². The maximum atomic E-state index is 12.3. The molecule has 16 heavy (non-hydrogen) atoms. The van der Waals surface area contributed by atoms with Crippen molar-refractivity contribution in [2.75, 3.05) is 32.7 Å². The minimum Gasteiger partial charge on any atom is -0.332 e. The number of nitrogens with zero attached hydrogens (tertiary/aromatic N) is 1. The molecule has 2 rings (SSSR count). The molecule has 0 bridgehead atoms. The number of amides is 1. The molecule has 2 aliphatic rings. The predicted molar refractivity (Wildman–Crippen MR) is 71.1 cm³/mol. The van der Waals surface area contributed by atoms with Gasteiger partial charge >= 0.3 is 0 Å². The van der Waals surface area contributed by atoms with Crippen LogP contribution < -0.4 is 4.90 Å². The molecule has 3 nitrogen and oxygen atoms in total. The van der Waals surface area contributed by atoms with Crippen LogP contribution in [0, 0.1) is 5.41 Å². The van der Waals surface area contributed by atoms with Gasteiger partial charge in [0.05, 0.1) is 41.4 Å². The van der Waals surface area contributed by atoms with Crippen LogP contribution in [-0.2, 0) is 4.79 Å². The van der Waals surface area contributed by atoms with Gasteiger partial charge in [0.1, 0.15) is 0 Å². The van der Waals surface area contributed by atoms with Crippen molar-refractivity contribution in [3.05, 3.63) is 0 Å². The van der Waals surface area contributed by atoms with Gasteiger partial charge in [-0.25, -0.2) is 0 Å². The Hall–Kier alpha value is 0.390. The molecular formula is C11H19Br2N2O+. The highest BCUT2D eigenvalue weighted by atomic mass is 79.9. The standard InChI is InChI=1S/C11H18Br2N2O/c1-3-14-4-6-15(7-5-14)9(16)10(2)8-11(10,12)13/h3-8H2,1-2H3/p+1/t10-/m1/s1. The molecular weight excluding hydrogens is 336 g/mol. The Bertz CT molecular complexity index is 300. The quantitative estimate of drug-likeness (QED) is 0.723. The Labute approximate surface area is 114 Å². The van der Waals surface area contributed by atoms with Crippen molar-refractivity contribution >= 4 is 37.8 Å². The van der Waals surface area contributed by atoms with E-state index in [4.69, 9.17) is 0 Å². The molecule has 1 saturated carbocycles. The Morgan fingerprint density at radius 2 is 1.88 bits per heavy atom. The van der Waals surface area contributed by atoms with E-state index in [1.165, 1.54) is 6.54 Å². The Morgan fingerprint density at radius 1 is 1.38 bits per heavy atom. The van der Waals surface area contributed by atoms with Gasteiger partial charge in [0.25, 0.3) is 0 Å². The number of hydrogen-bond acceptors (Lipinski definition) is 1. The number of nitrogens with one attached hydrogen (secondary N) is 1. The van der Waals surface area contributed by atoms with Crippen molar-refractivity contribution in [1.82, 2.24) is 4.90 Å². The van der Waals surface area contributed by atoms with Gasteiger partial charge in [-0.3, -0.25) is 4.79 Å². The molecule has 0 aromatic heterocycles. The van der Waals surface area contributed by atoms with Crippen LogP contribution in [0.5, 0.6) is 0 Å². The molecule has 1 amide bonds. The second-order valence-electron chi connectivity index (χ2n) is 5.11. The van der Waals surface area contributed by atoms with Crippen LogP contribution in [0.25, 0.3) is 0 Å². The largest absolute Gasteiger partial charge is 0.332 e. The lowest BCUT2D eigenvalue weighted by Gasteiger charge is -2.33. The van der Waals surface area contributed by atoms with Crippen LogP contribution in [0.3, 0.4) is 0 Å². The predicted octanol–water partition coefficient (Wildman–Crippen LogP) is 0.630. The highest BCUT2D eigenvalue weighted by Crippen LogP contribution is 2.66. The van der Waals surface area contributed by atoms with Gasteiger partial charge in [-0.1, -0.05) is 31.9 Å². The first-order chi connectivity index (χ1) is 7.40. The minimum absolute atomic E-state index is 0.154. The van der Waals surface area contributed by atoms with E-state index in [1.54, 1.807) is 4.90 Å². The second-order valence-corrected chi connectivity index (χ2v) is 8.88. The van der Waals surface area contributed by atoms with Crippen LogP contribution >= 0.6 is 31.9 Å². The maximum Gasteiger partial charge on any atom is 0.231 e. The van der Waals surface area contributed by atoms with Gasteiger partial charge < -0.3 is 9.80 Å². The summed E-state index contributed by atoms with van der Waals surface area (Å²) in [6.07, 6.45) is 0.889. The normalized spacial score (nSPS) is 33.9. The summed E-state index contributed by atoms with van der Waals surface area (Å²) in [6.45, 7) is 9.42. The van der Waals surface area contributed by atoms with Crippen LogP contribution in [0.1, 0.15) is 20.3 Å². The molecule has 1 heterocycles. The summed E-state index contributed by atoms with van der Waals surface area (Å²) >= 11 is 7.13. The van der Waals surface area contributed by atoms with Crippen molar-refractivity contribution < 1.29 is 9.69 Å². The molecule has 0 radical (unpaired) electrons. The summed E-state index contributed by atoms with van der Waals surface area (Å²) in [7, 11) is 0. The first-order valence-corrected chi connectivity index (χ1v) is 7.50. The highest BCUT2D eigenvalue weighted by Gasteiger charge is 2.67. The van der Waals surface area contributed by atoms with E-state index in [1.807, 2.05) is 11.8 Å². The highest BCUT2D eigenvalue weighted by molar-refractivity contribution is 9.25. The summed E-state index contributed by atoms with van der Waals surface area (Å²) in [6, 6.07) is 0. The fourth-order valence-electron chi connectivity index (χ4n) is 2.36. The number of halogens is 2. The van der Waals surface area contributed by atoms with Crippen molar-refractivity contribution in [2.45, 2.75) is 23.5 Å². The van der Waals surface area contributed by atoms with Crippen LogP contribution in [-0.4, -0.2) is 46.8 Å². The van der Waals surface area contributed by atoms with Gasteiger partial charge in [0, 0.05) is 0 Å². The van der Waals surface area contributed by atoms with E-state index in [2.05, 4.69) is 38.8 Å². The molecule has 0 unspecified atom stereocenters. The summed E-state index contributed by atoms with van der Waals surface area (Å²) in [4.78, 5) is 16.0. The molecule has 5 heteroatoms. The fourth-order valence-corrected chi connectivity index (χ4v) is 3.82. The van der Waals surface area contributed by atoms with Crippen molar-refractivity contribution in [1.29, 1.82) is 0 Å². The van der Waals surface area contributed by atoms with Crippen molar-refractivity contribution in [3.63, 3.8) is 0 Å². The molecule has 0 spiro atoms. The van der Waals surface area contributed by atoms with E-state index in [9.17, 15) is 4.79 Å². The summed E-state index contributed by atoms with van der Waals surface area (Å²) in [5.74, 6) is 0.302. The third kappa shape index (κ3) is 2.06.